The summed E-state index contributed by atoms with van der Waals surface area (Å²) >= 11 is 5.81. The molecule has 3 aromatic rings. The number of hydrogen-bond donors (Lipinski definition) is 1. The predicted octanol–water partition coefficient (Wildman–Crippen LogP) is 4.87. The number of hydrogen-bond acceptors (Lipinski definition) is 5. The molecule has 0 radical (unpaired) electrons. The Bertz CT molecular complexity index is 1060. The molecule has 0 aliphatic rings. The van der Waals surface area contributed by atoms with Gasteiger partial charge in [-0.05, 0) is 54.1 Å². The lowest BCUT2D eigenvalue weighted by atomic mass is 10.1. The lowest BCUT2D eigenvalue weighted by Crippen LogP contribution is -2.13. The lowest BCUT2D eigenvalue weighted by Gasteiger charge is -2.10. The number of ether oxygens (including phenoxy) is 2. The van der Waals surface area contributed by atoms with Crippen molar-refractivity contribution in [2.45, 2.75) is 13.5 Å². The molecule has 30 heavy (non-hydrogen) atoms. The molecule has 7 heteroatoms. The number of esters is 2. The molecule has 3 aromatic carbocycles. The molecule has 0 aliphatic carbocycles. The van der Waals surface area contributed by atoms with E-state index in [4.69, 9.17) is 21.1 Å². The maximum Gasteiger partial charge on any atom is 0.343 e. The second kappa shape index (κ2) is 9.71. The molecule has 0 saturated heterocycles. The van der Waals surface area contributed by atoms with Crippen molar-refractivity contribution in [3.8, 4) is 5.75 Å². The van der Waals surface area contributed by atoms with E-state index in [0.29, 0.717) is 27.6 Å². The molecule has 152 valence electrons. The zero-order valence-corrected chi connectivity index (χ0v) is 16.8. The van der Waals surface area contributed by atoms with Crippen molar-refractivity contribution in [1.29, 1.82) is 0 Å². The van der Waals surface area contributed by atoms with Gasteiger partial charge in [-0.2, -0.15) is 0 Å². The van der Waals surface area contributed by atoms with E-state index in [1.54, 1.807) is 72.8 Å². The Labute approximate surface area is 178 Å². The largest absolute Gasteiger partial charge is 0.457 e. The fourth-order valence-electron chi connectivity index (χ4n) is 2.59. The Kier molecular flexibility index (Phi) is 6.83. The van der Waals surface area contributed by atoms with Gasteiger partial charge in [0.2, 0.25) is 5.91 Å². The third-order valence-electron chi connectivity index (χ3n) is 4.04. The average Bonchev–Trinajstić information content (AvgIpc) is 2.74. The van der Waals surface area contributed by atoms with Gasteiger partial charge in [0.25, 0.3) is 0 Å². The van der Waals surface area contributed by atoms with Crippen LogP contribution in [0.4, 0.5) is 5.69 Å². The molecule has 0 heterocycles. The molecule has 0 fully saturated rings. The molecule has 0 aliphatic heterocycles. The van der Waals surface area contributed by atoms with Gasteiger partial charge in [-0.1, -0.05) is 35.9 Å². The molecule has 6 nitrogen and oxygen atoms in total. The van der Waals surface area contributed by atoms with Crippen molar-refractivity contribution >= 4 is 35.1 Å². The van der Waals surface area contributed by atoms with Crippen LogP contribution < -0.4 is 10.1 Å². The number of carbonyl (C=O) groups is 3. The minimum absolute atomic E-state index is 0.0136. The van der Waals surface area contributed by atoms with E-state index in [9.17, 15) is 14.4 Å². The summed E-state index contributed by atoms with van der Waals surface area (Å²) in [5, 5.41) is 3.15. The van der Waals surface area contributed by atoms with Gasteiger partial charge in [0, 0.05) is 11.9 Å². The number of carbonyl (C=O) groups excluding carboxylic acids is 3. The van der Waals surface area contributed by atoms with Gasteiger partial charge in [-0.25, -0.2) is 9.59 Å². The Morgan fingerprint density at radius 1 is 0.867 bits per heavy atom. The van der Waals surface area contributed by atoms with Crippen LogP contribution in [0.15, 0.2) is 72.8 Å². The molecule has 1 amide bonds. The summed E-state index contributed by atoms with van der Waals surface area (Å²) in [6, 6.07) is 19.6. The Morgan fingerprint density at radius 2 is 1.53 bits per heavy atom. The number of halogens is 1. The first-order valence-corrected chi connectivity index (χ1v) is 9.40. The predicted molar refractivity (Wildman–Crippen MR) is 113 cm³/mol. The van der Waals surface area contributed by atoms with Gasteiger partial charge < -0.3 is 14.8 Å². The molecule has 3 rings (SSSR count). The van der Waals surface area contributed by atoms with Crippen LogP contribution >= 0.6 is 11.6 Å². The minimum Gasteiger partial charge on any atom is -0.457 e. The van der Waals surface area contributed by atoms with E-state index >= 15 is 0 Å². The van der Waals surface area contributed by atoms with E-state index in [1.807, 2.05) is 0 Å². The summed E-state index contributed by atoms with van der Waals surface area (Å²) < 4.78 is 10.6. The highest BCUT2D eigenvalue weighted by Gasteiger charge is 2.14. The smallest absolute Gasteiger partial charge is 0.343 e. The molecule has 0 saturated carbocycles. The fourth-order valence-corrected chi connectivity index (χ4v) is 2.72. The van der Waals surface area contributed by atoms with Gasteiger partial charge in [-0.15, -0.1) is 0 Å². The van der Waals surface area contributed by atoms with Crippen LogP contribution in [0.2, 0.25) is 5.02 Å². The Morgan fingerprint density at radius 3 is 2.20 bits per heavy atom. The number of anilines is 1. The molecule has 0 aromatic heterocycles. The van der Waals surface area contributed by atoms with E-state index in [1.165, 1.54) is 6.92 Å². The number of benzene rings is 3. The average molecular weight is 424 g/mol. The molecular formula is C23H18ClNO5. The quantitative estimate of drug-likeness (QED) is 0.451. The molecule has 0 bridgehead atoms. The van der Waals surface area contributed by atoms with E-state index in [0.717, 1.165) is 0 Å². The van der Waals surface area contributed by atoms with Crippen LogP contribution in [-0.2, 0) is 16.1 Å². The van der Waals surface area contributed by atoms with Crippen LogP contribution in [-0.4, -0.2) is 17.8 Å². The molecule has 0 unspecified atom stereocenters. The third kappa shape index (κ3) is 5.68. The summed E-state index contributed by atoms with van der Waals surface area (Å²) in [4.78, 5) is 35.9. The van der Waals surface area contributed by atoms with E-state index in [-0.39, 0.29) is 18.1 Å². The molecule has 1 N–H and O–H groups in total. The van der Waals surface area contributed by atoms with Crippen molar-refractivity contribution in [3.63, 3.8) is 0 Å². The van der Waals surface area contributed by atoms with Crippen molar-refractivity contribution in [1.82, 2.24) is 0 Å². The lowest BCUT2D eigenvalue weighted by molar-refractivity contribution is -0.114. The van der Waals surface area contributed by atoms with Crippen LogP contribution in [0.1, 0.15) is 33.2 Å². The molecular weight excluding hydrogens is 406 g/mol. The minimum atomic E-state index is -0.564. The Balaban J connectivity index is 1.59. The highest BCUT2D eigenvalue weighted by atomic mass is 35.5. The van der Waals surface area contributed by atoms with Crippen molar-refractivity contribution in [2.75, 3.05) is 5.32 Å². The monoisotopic (exact) mass is 423 g/mol. The maximum absolute atomic E-state index is 12.4. The number of para-hydroxylation sites is 1. The van der Waals surface area contributed by atoms with Crippen LogP contribution in [0.5, 0.6) is 5.75 Å². The maximum atomic E-state index is 12.4. The van der Waals surface area contributed by atoms with Crippen LogP contribution in [0.25, 0.3) is 0 Å². The number of nitrogens with one attached hydrogen (secondary N) is 1. The number of rotatable bonds is 6. The van der Waals surface area contributed by atoms with Crippen LogP contribution in [0.3, 0.4) is 0 Å². The first kappa shape index (κ1) is 21.1. The van der Waals surface area contributed by atoms with Crippen molar-refractivity contribution in [2.24, 2.45) is 0 Å². The first-order chi connectivity index (χ1) is 14.4. The van der Waals surface area contributed by atoms with Crippen molar-refractivity contribution in [3.05, 3.63) is 94.5 Å². The standard InChI is InChI=1S/C23H18ClNO5/c1-15(26)25-21-5-3-2-4-20(21)23(28)29-14-16-6-8-17(9-7-16)22(27)30-19-12-10-18(24)11-13-19/h2-13H,14H2,1H3,(H,25,26). The molecule has 0 spiro atoms. The third-order valence-corrected chi connectivity index (χ3v) is 4.29. The zero-order valence-electron chi connectivity index (χ0n) is 16.1. The first-order valence-electron chi connectivity index (χ1n) is 9.03. The SMILES string of the molecule is CC(=O)Nc1ccccc1C(=O)OCc1ccc(C(=O)Oc2ccc(Cl)cc2)cc1. The zero-order chi connectivity index (χ0) is 21.5. The topological polar surface area (TPSA) is 81.7 Å². The second-order valence-corrected chi connectivity index (χ2v) is 6.78. The highest BCUT2D eigenvalue weighted by Crippen LogP contribution is 2.19. The second-order valence-electron chi connectivity index (χ2n) is 6.34. The van der Waals surface area contributed by atoms with Crippen molar-refractivity contribution < 1.29 is 23.9 Å². The van der Waals surface area contributed by atoms with E-state index in [2.05, 4.69) is 5.32 Å². The van der Waals surface area contributed by atoms with Gasteiger partial charge in [0.1, 0.15) is 12.4 Å². The Hall–Kier alpha value is -3.64. The number of amides is 1. The summed E-state index contributed by atoms with van der Waals surface area (Å²) in [7, 11) is 0. The normalized spacial score (nSPS) is 10.2. The van der Waals surface area contributed by atoms with Crippen LogP contribution in [0, 0.1) is 0 Å². The van der Waals surface area contributed by atoms with Gasteiger partial charge >= 0.3 is 11.9 Å². The summed E-state index contributed by atoms with van der Waals surface area (Å²) in [6.45, 7) is 1.38. The molecule has 0 atom stereocenters. The van der Waals surface area contributed by atoms with E-state index < -0.39 is 11.9 Å². The summed E-state index contributed by atoms with van der Waals surface area (Å²) in [5.74, 6) is -0.966. The van der Waals surface area contributed by atoms with Gasteiger partial charge in [-0.3, -0.25) is 4.79 Å². The summed E-state index contributed by atoms with van der Waals surface area (Å²) in [6.07, 6.45) is 0. The van der Waals surface area contributed by atoms with Gasteiger partial charge in [0.05, 0.1) is 16.8 Å². The fraction of sp³-hybridized carbons (Fsp3) is 0.0870. The highest BCUT2D eigenvalue weighted by molar-refractivity contribution is 6.30. The van der Waals surface area contributed by atoms with Gasteiger partial charge in [0.15, 0.2) is 0 Å². The summed E-state index contributed by atoms with van der Waals surface area (Å²) in [5.41, 5.74) is 1.70.